The van der Waals surface area contributed by atoms with Gasteiger partial charge in [-0.2, -0.15) is 11.6 Å². The monoisotopic (exact) mass is 180 g/mol. The van der Waals surface area contributed by atoms with Gasteiger partial charge < -0.3 is 4.74 Å². The maximum absolute atomic E-state index is 10.5. The first-order chi connectivity index (χ1) is 5.72. The van der Waals surface area contributed by atoms with Crippen molar-refractivity contribution in [2.75, 3.05) is 0 Å². The first kappa shape index (κ1) is 9.19. The number of benzene rings is 1. The summed E-state index contributed by atoms with van der Waals surface area (Å²) in [6.45, 7) is 1.39. The third-order valence-electron chi connectivity index (χ3n) is 1.32. The molecule has 0 atom stereocenters. The van der Waals surface area contributed by atoms with Crippen molar-refractivity contribution >= 4 is 24.7 Å². The second kappa shape index (κ2) is 4.21. The van der Waals surface area contributed by atoms with Crippen LogP contribution in [0.2, 0.25) is 0 Å². The molecule has 1 aromatic carbocycles. The minimum absolute atomic E-state index is 0.285. The Morgan fingerprint density at radius 1 is 1.42 bits per heavy atom. The number of carbonyl (C=O) groups is 1. The van der Waals surface area contributed by atoms with Gasteiger partial charge in [-0.25, -0.2) is 0 Å². The average molecular weight is 180 g/mol. The first-order valence-corrected chi connectivity index (χ1v) is 4.77. The van der Waals surface area contributed by atoms with Gasteiger partial charge in [0, 0.05) is 6.92 Å². The Hall–Kier alpha value is -0.895. The molecule has 0 unspecified atom stereocenters. The van der Waals surface area contributed by atoms with Crippen molar-refractivity contribution < 1.29 is 9.53 Å². The Morgan fingerprint density at radius 3 is 2.42 bits per heavy atom. The van der Waals surface area contributed by atoms with Crippen molar-refractivity contribution in [3.8, 4) is 5.75 Å². The van der Waals surface area contributed by atoms with Gasteiger partial charge in [-0.15, -0.1) is 0 Å². The van der Waals surface area contributed by atoms with E-state index in [1.807, 2.05) is 19.3 Å². The highest BCUT2D eigenvalue weighted by Crippen LogP contribution is 2.18. The van der Waals surface area contributed by atoms with Crippen LogP contribution in [0.3, 0.4) is 0 Å². The Morgan fingerprint density at radius 2 is 2.00 bits per heavy atom. The molecule has 0 fully saturated rings. The molecule has 4 heteroatoms. The van der Waals surface area contributed by atoms with E-state index in [0.29, 0.717) is 5.75 Å². The van der Waals surface area contributed by atoms with Crippen molar-refractivity contribution in [1.82, 2.24) is 0 Å². The minimum Gasteiger partial charge on any atom is -0.427 e. The lowest BCUT2D eigenvalue weighted by molar-refractivity contribution is -0.131. The molecule has 0 heterocycles. The molecule has 1 aromatic rings. The van der Waals surface area contributed by atoms with E-state index in [4.69, 9.17) is 4.74 Å². The summed E-state index contributed by atoms with van der Waals surface area (Å²) in [6.07, 6.45) is 0. The second-order valence-corrected chi connectivity index (χ2v) is 3.15. The summed E-state index contributed by atoms with van der Waals surface area (Å²) >= 11 is 1.66. The van der Waals surface area contributed by atoms with Crippen LogP contribution < -0.4 is 4.74 Å². The fraction of sp³-hybridized carbons (Fsp3) is 0.125. The lowest BCUT2D eigenvalue weighted by Crippen LogP contribution is -2.00. The molecule has 0 aliphatic carbocycles. The fourth-order valence-corrected chi connectivity index (χ4v) is 1.22. The van der Waals surface area contributed by atoms with Crippen LogP contribution in [-0.4, -0.2) is 13.1 Å². The van der Waals surface area contributed by atoms with Gasteiger partial charge in [-0.1, -0.05) is 0 Å². The van der Waals surface area contributed by atoms with E-state index in [2.05, 4.69) is 0 Å². The highest BCUT2D eigenvalue weighted by atomic mass is 32.2. The van der Waals surface area contributed by atoms with Crippen LogP contribution in [0, 0.1) is 0 Å². The van der Waals surface area contributed by atoms with Gasteiger partial charge in [0.15, 0.2) is 7.12 Å². The van der Waals surface area contributed by atoms with E-state index < -0.39 is 0 Å². The number of hydrogen-bond donors (Lipinski definition) is 0. The van der Waals surface area contributed by atoms with Gasteiger partial charge in [0.2, 0.25) is 0 Å². The summed E-state index contributed by atoms with van der Waals surface area (Å²) in [7, 11) is 2.00. The third-order valence-corrected chi connectivity index (χ3v) is 2.06. The minimum atomic E-state index is -0.285. The predicted molar refractivity (Wildman–Crippen MR) is 52.2 cm³/mol. The SMILES string of the molecule is BSc1ccc(OC(C)=O)cc1. The van der Waals surface area contributed by atoms with Gasteiger partial charge >= 0.3 is 5.97 Å². The number of ether oxygens (including phenoxy) is 1. The summed E-state index contributed by atoms with van der Waals surface area (Å²) in [5.41, 5.74) is 0. The standard InChI is InChI=1S/C8H9BO2S/c1-6(10)11-7-2-4-8(12-9)5-3-7/h2-5H,9H2,1H3. The van der Waals surface area contributed by atoms with Crippen LogP contribution in [-0.2, 0) is 4.79 Å². The van der Waals surface area contributed by atoms with E-state index in [1.54, 1.807) is 23.7 Å². The van der Waals surface area contributed by atoms with Crippen LogP contribution in [0.4, 0.5) is 0 Å². The highest BCUT2D eigenvalue weighted by Gasteiger charge is 1.96. The van der Waals surface area contributed by atoms with Gasteiger partial charge in [-0.3, -0.25) is 4.79 Å². The lowest BCUT2D eigenvalue weighted by Gasteiger charge is -2.01. The molecule has 0 saturated carbocycles. The predicted octanol–water partition coefficient (Wildman–Crippen LogP) is 1.25. The van der Waals surface area contributed by atoms with Gasteiger partial charge in [0.1, 0.15) is 5.75 Å². The zero-order valence-electron chi connectivity index (χ0n) is 7.03. The Balaban J connectivity index is 2.71. The van der Waals surface area contributed by atoms with Crippen LogP contribution in [0.25, 0.3) is 0 Å². The molecular weight excluding hydrogens is 171 g/mol. The summed E-state index contributed by atoms with van der Waals surface area (Å²) < 4.78 is 4.87. The van der Waals surface area contributed by atoms with Gasteiger partial charge in [-0.05, 0) is 29.2 Å². The highest BCUT2D eigenvalue weighted by molar-refractivity contribution is 8.19. The summed E-state index contributed by atoms with van der Waals surface area (Å²) in [5.74, 6) is 0.312. The lowest BCUT2D eigenvalue weighted by atomic mass is 10.3. The maximum Gasteiger partial charge on any atom is 0.308 e. The fourth-order valence-electron chi connectivity index (χ4n) is 0.810. The van der Waals surface area contributed by atoms with Crippen LogP contribution in [0.5, 0.6) is 5.75 Å². The van der Waals surface area contributed by atoms with Gasteiger partial charge in [0.05, 0.1) is 0 Å². The quantitative estimate of drug-likeness (QED) is 0.389. The molecule has 0 radical (unpaired) electrons. The molecule has 12 heavy (non-hydrogen) atoms. The molecule has 2 nitrogen and oxygen atoms in total. The van der Waals surface area contributed by atoms with E-state index in [1.165, 1.54) is 6.92 Å². The van der Waals surface area contributed by atoms with Crippen molar-refractivity contribution in [1.29, 1.82) is 0 Å². The molecule has 62 valence electrons. The van der Waals surface area contributed by atoms with E-state index in [0.717, 1.165) is 4.90 Å². The van der Waals surface area contributed by atoms with Crippen LogP contribution in [0.1, 0.15) is 6.92 Å². The average Bonchev–Trinajstić information content (AvgIpc) is 2.05. The van der Waals surface area contributed by atoms with Crippen LogP contribution in [0.15, 0.2) is 29.2 Å². The Bertz CT molecular complexity index is 271. The largest absolute Gasteiger partial charge is 0.427 e. The third kappa shape index (κ3) is 2.62. The summed E-state index contributed by atoms with van der Waals surface area (Å²) in [6, 6.07) is 7.41. The summed E-state index contributed by atoms with van der Waals surface area (Å²) in [5, 5.41) is 0. The summed E-state index contributed by atoms with van der Waals surface area (Å²) in [4.78, 5) is 11.7. The molecule has 0 amide bonds. The molecule has 0 N–H and O–H groups in total. The smallest absolute Gasteiger partial charge is 0.308 e. The molecule has 0 saturated heterocycles. The van der Waals surface area contributed by atoms with Crippen molar-refractivity contribution in [2.45, 2.75) is 11.8 Å². The number of hydrogen-bond acceptors (Lipinski definition) is 3. The van der Waals surface area contributed by atoms with Crippen molar-refractivity contribution in [3.05, 3.63) is 24.3 Å². The van der Waals surface area contributed by atoms with Crippen molar-refractivity contribution in [2.24, 2.45) is 0 Å². The van der Waals surface area contributed by atoms with E-state index in [-0.39, 0.29) is 5.97 Å². The Kier molecular flexibility index (Phi) is 3.23. The molecule has 0 spiro atoms. The zero-order valence-corrected chi connectivity index (χ0v) is 7.85. The van der Waals surface area contributed by atoms with Crippen molar-refractivity contribution in [3.63, 3.8) is 0 Å². The zero-order chi connectivity index (χ0) is 8.97. The first-order valence-electron chi connectivity index (χ1n) is 3.55. The second-order valence-electron chi connectivity index (χ2n) is 2.27. The van der Waals surface area contributed by atoms with E-state index in [9.17, 15) is 4.79 Å². The molecule has 0 aliphatic heterocycles. The maximum atomic E-state index is 10.5. The Labute approximate surface area is 76.6 Å². The molecular formula is C8H9BO2S. The normalized spacial score (nSPS) is 9.42. The number of esters is 1. The topological polar surface area (TPSA) is 26.3 Å². The number of rotatable bonds is 2. The van der Waals surface area contributed by atoms with Gasteiger partial charge in [0.25, 0.3) is 0 Å². The molecule has 0 bridgehead atoms. The van der Waals surface area contributed by atoms with Crippen LogP contribution >= 0.6 is 11.6 Å². The molecule has 0 aromatic heterocycles. The molecule has 0 aliphatic rings. The van der Waals surface area contributed by atoms with E-state index >= 15 is 0 Å². The number of carbonyl (C=O) groups excluding carboxylic acids is 1. The molecule has 1 rings (SSSR count).